The molecule has 0 amide bonds. The average molecular weight is 726 g/mol. The van der Waals surface area contributed by atoms with E-state index < -0.39 is 0 Å². The number of phenols is 1. The lowest BCUT2D eigenvalue weighted by atomic mass is 9.44. The van der Waals surface area contributed by atoms with Gasteiger partial charge >= 0.3 is 0 Å². The summed E-state index contributed by atoms with van der Waals surface area (Å²) in [4.78, 5) is 0. The van der Waals surface area contributed by atoms with Crippen LogP contribution in [-0.2, 0) is 19.4 Å². The number of hydrogen-bond donors (Lipinski definition) is 3. The van der Waals surface area contributed by atoms with Crippen LogP contribution in [0.2, 0.25) is 0 Å². The Hall–Kier alpha value is -1.40. The Labute approximate surface area is 316 Å². The van der Waals surface area contributed by atoms with Crippen molar-refractivity contribution in [1.29, 1.82) is 0 Å². The molecule has 11 atom stereocenters. The average Bonchev–Trinajstić information content (AvgIpc) is 3.60. The minimum atomic E-state index is 0.138. The maximum absolute atomic E-state index is 11.2. The topological polar surface area (TPSA) is 52.5 Å². The van der Waals surface area contributed by atoms with E-state index in [-0.39, 0.29) is 5.54 Å². The Bertz CT molecular complexity index is 1630. The Balaban J connectivity index is 1.12. The second-order valence-corrected chi connectivity index (χ2v) is 22.4. The van der Waals surface area contributed by atoms with Gasteiger partial charge in [0.05, 0.1) is 0 Å². The van der Waals surface area contributed by atoms with Crippen molar-refractivity contribution in [3.8, 4) is 5.75 Å². The third-order valence-corrected chi connectivity index (χ3v) is 19.2. The lowest BCUT2D eigenvalue weighted by molar-refractivity contribution is -0.0870. The standard InChI is InChI=1S/C46H63NO2S2/c1-31-6-5-11-46(23-31)29-45(15-14-44(28-45)13-9-32(24-44)27-48)25-40-37-18-34-16-33(19-39(49)20-34)17-35-7-3-4-8-36(35)26-47-43(2)12-10-42(51-50-30-43)38(21-37)22-41(40)46/h3-5,7-8,11,16,19-20,31-32,37-38,40-42,47-49H,6,9-10,12-15,17-18,21-30H2,1-2H3/t31-,32+,37-,38+,40+,41-,42-,43-,44+,45-,46+/m1/s1. The minimum absolute atomic E-state index is 0.138. The lowest BCUT2D eigenvalue weighted by Gasteiger charge is -2.61. The number of phenolic OH excluding ortho intramolecular Hbond substituents is 1. The summed E-state index contributed by atoms with van der Waals surface area (Å²) in [6.07, 6.45) is 26.2. The first-order chi connectivity index (χ1) is 24.6. The number of aromatic hydroxyl groups is 1. The van der Waals surface area contributed by atoms with E-state index in [1.54, 1.807) is 0 Å². The predicted molar refractivity (Wildman–Crippen MR) is 215 cm³/mol. The summed E-state index contributed by atoms with van der Waals surface area (Å²) in [5, 5.41) is 26.2. The van der Waals surface area contributed by atoms with Crippen LogP contribution in [0, 0.1) is 51.8 Å². The molecule has 5 fully saturated rings. The highest BCUT2D eigenvalue weighted by Crippen LogP contribution is 2.71. The van der Waals surface area contributed by atoms with Gasteiger partial charge in [0.1, 0.15) is 5.75 Å². The van der Waals surface area contributed by atoms with Crippen molar-refractivity contribution in [2.75, 3.05) is 12.4 Å². The van der Waals surface area contributed by atoms with Crippen LogP contribution in [0.4, 0.5) is 0 Å². The predicted octanol–water partition coefficient (Wildman–Crippen LogP) is 10.9. The van der Waals surface area contributed by atoms with E-state index in [0.717, 1.165) is 43.1 Å². The van der Waals surface area contributed by atoms with Gasteiger partial charge in [-0.15, -0.1) is 0 Å². The zero-order chi connectivity index (χ0) is 34.8. The molecule has 9 rings (SSSR count). The number of aliphatic hydroxyl groups excluding tert-OH is 1. The van der Waals surface area contributed by atoms with E-state index in [1.807, 2.05) is 6.07 Å². The van der Waals surface area contributed by atoms with Gasteiger partial charge < -0.3 is 15.5 Å². The van der Waals surface area contributed by atoms with Crippen molar-refractivity contribution >= 4 is 21.6 Å². The SMILES string of the molecule is C[C@@H]1CC=C[C@]2(C1)C[C@]1(CC[C@]3(CC[C@H](CO)C3)C1)C[C@H]1[C@@H]3Cc4cc(O)cc(c4)Cc4ccccc4CN[C@]4(C)CC[C@@H](SSC4)[C@@H](C3)C[C@H]12. The van der Waals surface area contributed by atoms with Crippen LogP contribution in [0.5, 0.6) is 5.75 Å². The summed E-state index contributed by atoms with van der Waals surface area (Å²) in [6.45, 7) is 6.32. The van der Waals surface area contributed by atoms with Crippen LogP contribution in [0.3, 0.4) is 0 Å². The van der Waals surface area contributed by atoms with Gasteiger partial charge in [-0.2, -0.15) is 0 Å². The monoisotopic (exact) mass is 725 g/mol. The fourth-order valence-corrected chi connectivity index (χ4v) is 17.4. The summed E-state index contributed by atoms with van der Waals surface area (Å²) in [5.74, 6) is 5.83. The van der Waals surface area contributed by atoms with E-state index in [1.165, 1.54) is 118 Å². The maximum Gasteiger partial charge on any atom is 0.116 e. The molecule has 4 saturated carbocycles. The molecule has 0 unspecified atom stereocenters. The summed E-state index contributed by atoms with van der Waals surface area (Å²) in [6, 6.07) is 15.6. The molecule has 6 bridgehead atoms. The van der Waals surface area contributed by atoms with E-state index in [0.29, 0.717) is 45.7 Å². The number of allylic oxidation sites excluding steroid dienone is 2. The lowest BCUT2D eigenvalue weighted by Crippen LogP contribution is -2.53. The van der Waals surface area contributed by atoms with E-state index >= 15 is 0 Å². The molecule has 2 heterocycles. The molecule has 1 saturated heterocycles. The third-order valence-electron chi connectivity index (χ3n) is 15.9. The molecule has 3 N–H and O–H groups in total. The number of hydrogen-bond acceptors (Lipinski definition) is 5. The zero-order valence-corrected chi connectivity index (χ0v) is 33.0. The summed E-state index contributed by atoms with van der Waals surface area (Å²) >= 11 is 0. The zero-order valence-electron chi connectivity index (χ0n) is 31.4. The molecule has 2 aromatic rings. The van der Waals surface area contributed by atoms with Crippen LogP contribution in [0.1, 0.15) is 126 Å². The molecular weight excluding hydrogens is 663 g/mol. The van der Waals surface area contributed by atoms with Crippen molar-refractivity contribution in [2.24, 2.45) is 51.8 Å². The highest BCUT2D eigenvalue weighted by atomic mass is 33.1. The third kappa shape index (κ3) is 6.91. The van der Waals surface area contributed by atoms with Crippen molar-refractivity contribution in [3.05, 3.63) is 76.9 Å². The molecule has 5 heteroatoms. The van der Waals surface area contributed by atoms with Gasteiger partial charge in [-0.05, 0) is 196 Å². The van der Waals surface area contributed by atoms with Crippen molar-refractivity contribution in [3.63, 3.8) is 0 Å². The fraction of sp³-hybridized carbons (Fsp3) is 0.696. The van der Waals surface area contributed by atoms with Crippen LogP contribution in [0.15, 0.2) is 54.6 Å². The van der Waals surface area contributed by atoms with Gasteiger partial charge in [0, 0.05) is 29.7 Å². The Morgan fingerprint density at radius 3 is 2.57 bits per heavy atom. The normalized spacial score (nSPS) is 43.7. The number of benzene rings is 2. The Morgan fingerprint density at radius 2 is 1.73 bits per heavy atom. The smallest absolute Gasteiger partial charge is 0.116 e. The molecule has 7 aliphatic rings. The number of aliphatic hydroxyl groups is 1. The first kappa shape index (κ1) is 35.3. The number of rotatable bonds is 1. The molecule has 51 heavy (non-hydrogen) atoms. The van der Waals surface area contributed by atoms with Gasteiger partial charge in [-0.1, -0.05) is 71.0 Å². The van der Waals surface area contributed by atoms with Crippen LogP contribution in [0.25, 0.3) is 0 Å². The van der Waals surface area contributed by atoms with E-state index in [9.17, 15) is 10.2 Å². The van der Waals surface area contributed by atoms with Crippen LogP contribution >= 0.6 is 21.6 Å². The van der Waals surface area contributed by atoms with Crippen LogP contribution in [-0.4, -0.2) is 33.4 Å². The highest BCUT2D eigenvalue weighted by molar-refractivity contribution is 8.77. The molecule has 276 valence electrons. The molecule has 3 nitrogen and oxygen atoms in total. The molecule has 0 aromatic heterocycles. The summed E-state index contributed by atoms with van der Waals surface area (Å²) < 4.78 is 0. The summed E-state index contributed by atoms with van der Waals surface area (Å²) in [7, 11) is 4.40. The molecule has 3 spiro atoms. The van der Waals surface area contributed by atoms with Crippen molar-refractivity contribution < 1.29 is 10.2 Å². The highest BCUT2D eigenvalue weighted by Gasteiger charge is 2.61. The molecule has 2 aromatic carbocycles. The number of fused-ring (bicyclic) bond motifs is 12. The Morgan fingerprint density at radius 1 is 0.882 bits per heavy atom. The van der Waals surface area contributed by atoms with Crippen LogP contribution < -0.4 is 5.32 Å². The molecule has 2 aliphatic heterocycles. The first-order valence-electron chi connectivity index (χ1n) is 20.8. The first-order valence-corrected chi connectivity index (χ1v) is 23.2. The fourth-order valence-electron chi connectivity index (χ4n) is 13.8. The maximum atomic E-state index is 11.2. The number of nitrogens with one attached hydrogen (secondary N) is 1. The molecule has 5 aliphatic carbocycles. The van der Waals surface area contributed by atoms with E-state index in [4.69, 9.17) is 0 Å². The van der Waals surface area contributed by atoms with Gasteiger partial charge in [0.15, 0.2) is 0 Å². The molecule has 0 radical (unpaired) electrons. The second-order valence-electron chi connectivity index (χ2n) is 19.8. The Kier molecular flexibility index (Phi) is 9.50. The van der Waals surface area contributed by atoms with Crippen molar-refractivity contribution in [1.82, 2.24) is 5.32 Å². The second kappa shape index (κ2) is 13.7. The molecular formula is C46H63NO2S2. The quantitative estimate of drug-likeness (QED) is 0.202. The van der Waals surface area contributed by atoms with E-state index in [2.05, 4.69) is 89.3 Å². The van der Waals surface area contributed by atoms with Gasteiger partial charge in [-0.3, -0.25) is 0 Å². The largest absolute Gasteiger partial charge is 0.508 e. The summed E-state index contributed by atoms with van der Waals surface area (Å²) in [5.41, 5.74) is 6.77. The van der Waals surface area contributed by atoms with Gasteiger partial charge in [0.25, 0.3) is 0 Å². The van der Waals surface area contributed by atoms with Gasteiger partial charge in [0.2, 0.25) is 0 Å². The van der Waals surface area contributed by atoms with Gasteiger partial charge in [-0.25, -0.2) is 0 Å². The van der Waals surface area contributed by atoms with Crippen molar-refractivity contribution in [2.45, 2.75) is 134 Å². The minimum Gasteiger partial charge on any atom is -0.508 e.